The first-order chi connectivity index (χ1) is 14.7. The summed E-state index contributed by atoms with van der Waals surface area (Å²) in [4.78, 5) is 8.61. The average Bonchev–Trinajstić information content (AvgIpc) is 2.71. The van der Waals surface area contributed by atoms with E-state index < -0.39 is 0 Å². The molecule has 6 nitrogen and oxygen atoms in total. The van der Waals surface area contributed by atoms with Crippen LogP contribution in [0.3, 0.4) is 0 Å². The van der Waals surface area contributed by atoms with E-state index in [0.29, 0.717) is 24.1 Å². The zero-order chi connectivity index (χ0) is 22.4. The molecule has 31 heavy (non-hydrogen) atoms. The molecule has 0 fully saturated rings. The third-order valence-corrected chi connectivity index (χ3v) is 4.76. The van der Waals surface area contributed by atoms with Crippen LogP contribution in [-0.4, -0.2) is 23.3 Å². The van der Waals surface area contributed by atoms with Crippen molar-refractivity contribution >= 4 is 12.2 Å². The van der Waals surface area contributed by atoms with Crippen molar-refractivity contribution in [3.63, 3.8) is 0 Å². The second-order valence-electron chi connectivity index (χ2n) is 8.49. The monoisotopic (exact) mass is 418 g/mol. The molecule has 0 aliphatic rings. The van der Waals surface area contributed by atoms with Gasteiger partial charge in [0, 0.05) is 11.4 Å². The number of rotatable bonds is 7. The lowest BCUT2D eigenvalue weighted by atomic mass is 9.87. The van der Waals surface area contributed by atoms with Crippen molar-refractivity contribution in [2.45, 2.75) is 46.6 Å². The number of aromatic nitrogens is 2. The number of hydrogen-bond donors (Lipinski definition) is 1. The van der Waals surface area contributed by atoms with Crippen molar-refractivity contribution in [1.29, 1.82) is 0 Å². The van der Waals surface area contributed by atoms with E-state index in [1.54, 1.807) is 13.3 Å². The van der Waals surface area contributed by atoms with Crippen molar-refractivity contribution in [3.05, 3.63) is 76.6 Å². The largest absolute Gasteiger partial charge is 0.493 e. The molecule has 2 aromatic carbocycles. The molecule has 1 N–H and O–H groups in total. The summed E-state index contributed by atoms with van der Waals surface area (Å²) in [5.41, 5.74) is 8.07. The Morgan fingerprint density at radius 2 is 1.61 bits per heavy atom. The molecule has 3 rings (SSSR count). The molecule has 0 aliphatic carbocycles. The molecule has 1 heterocycles. The van der Waals surface area contributed by atoms with Gasteiger partial charge in [-0.25, -0.2) is 15.4 Å². The van der Waals surface area contributed by atoms with Gasteiger partial charge in [-0.2, -0.15) is 5.10 Å². The van der Waals surface area contributed by atoms with E-state index in [4.69, 9.17) is 9.47 Å². The van der Waals surface area contributed by atoms with Gasteiger partial charge in [-0.15, -0.1) is 0 Å². The van der Waals surface area contributed by atoms with Crippen LogP contribution >= 0.6 is 0 Å². The highest BCUT2D eigenvalue weighted by Gasteiger charge is 2.13. The Hall–Kier alpha value is -3.41. The van der Waals surface area contributed by atoms with E-state index in [2.05, 4.69) is 65.5 Å². The highest BCUT2D eigenvalue weighted by molar-refractivity contribution is 5.81. The van der Waals surface area contributed by atoms with Gasteiger partial charge in [-0.05, 0) is 60.2 Å². The van der Waals surface area contributed by atoms with Gasteiger partial charge in [0.2, 0.25) is 5.95 Å². The summed E-state index contributed by atoms with van der Waals surface area (Å²) < 4.78 is 11.5. The zero-order valence-corrected chi connectivity index (χ0v) is 19.1. The average molecular weight is 419 g/mol. The Balaban J connectivity index is 1.64. The van der Waals surface area contributed by atoms with Gasteiger partial charge in [0.25, 0.3) is 0 Å². The van der Waals surface area contributed by atoms with Crippen LogP contribution in [0.15, 0.2) is 53.6 Å². The standard InChI is InChI=1S/C25H30N4O2/c1-17-13-18(2)28-24(27-17)29-26-15-20-9-12-22(23(14-20)30-6)31-16-19-7-10-21(11-8-19)25(3,4)5/h7-15H,16H2,1-6H3,(H,27,28,29)/b26-15-. The molecule has 162 valence electrons. The van der Waals surface area contributed by atoms with Crippen molar-refractivity contribution in [3.8, 4) is 11.5 Å². The van der Waals surface area contributed by atoms with Crippen LogP contribution < -0.4 is 14.9 Å². The minimum absolute atomic E-state index is 0.138. The molecule has 1 aromatic heterocycles. The lowest BCUT2D eigenvalue weighted by Crippen LogP contribution is -2.10. The highest BCUT2D eigenvalue weighted by atomic mass is 16.5. The molecule has 0 aliphatic heterocycles. The number of hydrogen-bond acceptors (Lipinski definition) is 6. The van der Waals surface area contributed by atoms with E-state index in [1.807, 2.05) is 38.1 Å². The minimum atomic E-state index is 0.138. The van der Waals surface area contributed by atoms with Crippen molar-refractivity contribution in [1.82, 2.24) is 9.97 Å². The second-order valence-corrected chi connectivity index (χ2v) is 8.49. The maximum absolute atomic E-state index is 5.99. The van der Waals surface area contributed by atoms with Gasteiger partial charge in [0.05, 0.1) is 13.3 Å². The van der Waals surface area contributed by atoms with Crippen LogP contribution in [0, 0.1) is 13.8 Å². The van der Waals surface area contributed by atoms with Crippen molar-refractivity contribution in [2.75, 3.05) is 12.5 Å². The topological polar surface area (TPSA) is 68.6 Å². The number of benzene rings is 2. The molecule has 0 radical (unpaired) electrons. The van der Waals surface area contributed by atoms with Gasteiger partial charge < -0.3 is 9.47 Å². The van der Waals surface area contributed by atoms with Crippen LogP contribution in [0.5, 0.6) is 11.5 Å². The summed E-state index contributed by atoms with van der Waals surface area (Å²) in [5.74, 6) is 1.81. The molecular formula is C25H30N4O2. The lowest BCUT2D eigenvalue weighted by Gasteiger charge is -2.19. The zero-order valence-electron chi connectivity index (χ0n) is 19.1. The molecule has 0 spiro atoms. The Kier molecular flexibility index (Phi) is 6.90. The Morgan fingerprint density at radius 3 is 2.23 bits per heavy atom. The maximum Gasteiger partial charge on any atom is 0.243 e. The first-order valence-electron chi connectivity index (χ1n) is 10.3. The molecule has 6 heteroatoms. The number of nitrogens with one attached hydrogen (secondary N) is 1. The van der Waals surface area contributed by atoms with Gasteiger partial charge in [-0.3, -0.25) is 0 Å². The van der Waals surface area contributed by atoms with Gasteiger partial charge >= 0.3 is 0 Å². The number of nitrogens with zero attached hydrogens (tertiary/aromatic N) is 3. The minimum Gasteiger partial charge on any atom is -0.493 e. The molecule has 0 saturated carbocycles. The van der Waals surface area contributed by atoms with E-state index in [0.717, 1.165) is 22.5 Å². The maximum atomic E-state index is 5.99. The number of ether oxygens (including phenoxy) is 2. The number of hydrazone groups is 1. The predicted octanol–water partition coefficient (Wildman–Crippen LogP) is 5.42. The Bertz CT molecular complexity index is 1030. The summed E-state index contributed by atoms with van der Waals surface area (Å²) >= 11 is 0. The van der Waals surface area contributed by atoms with Gasteiger partial charge in [-0.1, -0.05) is 45.0 Å². The quantitative estimate of drug-likeness (QED) is 0.410. The molecular weight excluding hydrogens is 388 g/mol. The third kappa shape index (κ3) is 6.28. The number of methoxy groups -OCH3 is 1. The summed E-state index contributed by atoms with van der Waals surface area (Å²) in [5, 5.41) is 4.22. The predicted molar refractivity (Wildman–Crippen MR) is 125 cm³/mol. The summed E-state index contributed by atoms with van der Waals surface area (Å²) in [6.07, 6.45) is 1.69. The van der Waals surface area contributed by atoms with Gasteiger partial charge in [0.15, 0.2) is 11.5 Å². The molecule has 0 atom stereocenters. The van der Waals surface area contributed by atoms with Crippen LogP contribution in [0.1, 0.15) is 48.8 Å². The molecule has 0 unspecified atom stereocenters. The normalized spacial score (nSPS) is 11.5. The van der Waals surface area contributed by atoms with Gasteiger partial charge in [0.1, 0.15) is 6.61 Å². The fraction of sp³-hybridized carbons (Fsp3) is 0.320. The summed E-state index contributed by atoms with van der Waals surface area (Å²) in [6.45, 7) is 10.9. The van der Waals surface area contributed by atoms with E-state index in [9.17, 15) is 0 Å². The fourth-order valence-electron chi connectivity index (χ4n) is 3.09. The first kappa shape index (κ1) is 22.3. The molecule has 0 bridgehead atoms. The van der Waals surface area contributed by atoms with Crippen LogP contribution in [-0.2, 0) is 12.0 Å². The van der Waals surface area contributed by atoms with Crippen LogP contribution in [0.2, 0.25) is 0 Å². The summed E-state index contributed by atoms with van der Waals surface area (Å²) in [6, 6.07) is 16.1. The second kappa shape index (κ2) is 9.60. The van der Waals surface area contributed by atoms with Crippen LogP contribution in [0.4, 0.5) is 5.95 Å². The first-order valence-corrected chi connectivity index (χ1v) is 10.3. The summed E-state index contributed by atoms with van der Waals surface area (Å²) in [7, 11) is 1.63. The van der Waals surface area contributed by atoms with Crippen molar-refractivity contribution < 1.29 is 9.47 Å². The Morgan fingerprint density at radius 1 is 0.935 bits per heavy atom. The third-order valence-electron chi connectivity index (χ3n) is 4.76. The van der Waals surface area contributed by atoms with Crippen molar-refractivity contribution in [2.24, 2.45) is 5.10 Å². The Labute approximate surface area is 184 Å². The van der Waals surface area contributed by atoms with E-state index in [1.165, 1.54) is 5.56 Å². The smallest absolute Gasteiger partial charge is 0.243 e. The lowest BCUT2D eigenvalue weighted by molar-refractivity contribution is 0.284. The fourth-order valence-corrected chi connectivity index (χ4v) is 3.09. The highest BCUT2D eigenvalue weighted by Crippen LogP contribution is 2.29. The molecule has 3 aromatic rings. The van der Waals surface area contributed by atoms with Crippen LogP contribution in [0.25, 0.3) is 0 Å². The number of anilines is 1. The van der Waals surface area contributed by atoms with E-state index >= 15 is 0 Å². The molecule has 0 amide bonds. The SMILES string of the molecule is COc1cc(/C=N\Nc2nc(C)cc(C)n2)ccc1OCc1ccc(C(C)(C)C)cc1. The van der Waals surface area contributed by atoms with E-state index in [-0.39, 0.29) is 5.41 Å². The number of aryl methyl sites for hydroxylation is 2. The molecule has 0 saturated heterocycles.